The second kappa shape index (κ2) is 7.06. The number of hydrogen-bond acceptors (Lipinski definition) is 2. The SMILES string of the molecule is NC1CCC(c2ccccc2)CC1S(=O)C1CCCCC1. The standard InChI is InChI=1S/C18H27NOS/c19-17-12-11-15(14-7-3-1-4-8-14)13-18(17)21(20)16-9-5-2-6-10-16/h1,3-4,7-8,15-18H,2,5-6,9-13,19H2. The van der Waals surface area contributed by atoms with Crippen molar-refractivity contribution in [3.8, 4) is 0 Å². The van der Waals surface area contributed by atoms with Gasteiger partial charge in [-0.25, -0.2) is 0 Å². The molecule has 21 heavy (non-hydrogen) atoms. The Bertz CT molecular complexity index is 469. The van der Waals surface area contributed by atoms with E-state index in [0.29, 0.717) is 11.2 Å². The van der Waals surface area contributed by atoms with Gasteiger partial charge in [-0.05, 0) is 43.6 Å². The second-order valence-electron chi connectivity index (χ2n) is 6.71. The minimum absolute atomic E-state index is 0.132. The lowest BCUT2D eigenvalue weighted by atomic mass is 9.82. The molecular formula is C18H27NOS. The van der Waals surface area contributed by atoms with E-state index in [1.54, 1.807) is 0 Å². The van der Waals surface area contributed by atoms with Crippen molar-refractivity contribution < 1.29 is 4.21 Å². The number of benzene rings is 1. The summed E-state index contributed by atoms with van der Waals surface area (Å²) in [6, 6.07) is 10.8. The zero-order valence-corrected chi connectivity index (χ0v) is 13.6. The highest BCUT2D eigenvalue weighted by atomic mass is 32.2. The molecule has 1 aromatic carbocycles. The van der Waals surface area contributed by atoms with Gasteiger partial charge < -0.3 is 5.73 Å². The van der Waals surface area contributed by atoms with Crippen LogP contribution >= 0.6 is 0 Å². The predicted molar refractivity (Wildman–Crippen MR) is 89.8 cm³/mol. The van der Waals surface area contributed by atoms with Gasteiger partial charge in [0.1, 0.15) is 0 Å². The molecule has 0 aliphatic heterocycles. The van der Waals surface area contributed by atoms with Crippen molar-refractivity contribution in [2.24, 2.45) is 5.73 Å². The summed E-state index contributed by atoms with van der Waals surface area (Å²) in [7, 11) is -0.742. The Morgan fingerprint density at radius 2 is 1.67 bits per heavy atom. The average Bonchev–Trinajstić information content (AvgIpc) is 2.56. The molecule has 0 heterocycles. The maximum atomic E-state index is 13.0. The van der Waals surface area contributed by atoms with Gasteiger partial charge in [0.15, 0.2) is 0 Å². The summed E-state index contributed by atoms with van der Waals surface area (Å²) in [6.45, 7) is 0. The molecule has 4 unspecified atom stereocenters. The van der Waals surface area contributed by atoms with Gasteiger partial charge in [-0.1, -0.05) is 49.6 Å². The summed E-state index contributed by atoms with van der Waals surface area (Å²) in [5.74, 6) is 0.545. The lowest BCUT2D eigenvalue weighted by Gasteiger charge is -2.36. The molecule has 0 radical (unpaired) electrons. The summed E-state index contributed by atoms with van der Waals surface area (Å²) in [5.41, 5.74) is 7.73. The van der Waals surface area contributed by atoms with Crippen LogP contribution in [0.2, 0.25) is 0 Å². The van der Waals surface area contributed by atoms with Gasteiger partial charge >= 0.3 is 0 Å². The van der Waals surface area contributed by atoms with Gasteiger partial charge in [-0.3, -0.25) is 4.21 Å². The first-order valence-corrected chi connectivity index (χ1v) is 9.73. The fraction of sp³-hybridized carbons (Fsp3) is 0.667. The first-order valence-electron chi connectivity index (χ1n) is 8.45. The summed E-state index contributed by atoms with van der Waals surface area (Å²) in [4.78, 5) is 0. The Morgan fingerprint density at radius 3 is 2.38 bits per heavy atom. The van der Waals surface area contributed by atoms with E-state index in [2.05, 4.69) is 30.3 Å². The smallest absolute Gasteiger partial charge is 0.0507 e. The summed E-state index contributed by atoms with van der Waals surface area (Å²) >= 11 is 0. The zero-order chi connectivity index (χ0) is 14.7. The number of hydrogen-bond donors (Lipinski definition) is 1. The summed E-state index contributed by atoms with van der Waals surface area (Å²) < 4.78 is 13.0. The van der Waals surface area contributed by atoms with Gasteiger partial charge in [-0.15, -0.1) is 0 Å². The molecule has 2 aliphatic carbocycles. The van der Waals surface area contributed by atoms with Gasteiger partial charge in [0.2, 0.25) is 0 Å². The topological polar surface area (TPSA) is 43.1 Å². The van der Waals surface area contributed by atoms with E-state index in [1.807, 2.05) is 0 Å². The monoisotopic (exact) mass is 305 g/mol. The van der Waals surface area contributed by atoms with Crippen molar-refractivity contribution >= 4 is 10.8 Å². The van der Waals surface area contributed by atoms with Crippen LogP contribution in [0.1, 0.15) is 62.8 Å². The second-order valence-corrected chi connectivity index (χ2v) is 8.64. The average molecular weight is 305 g/mol. The van der Waals surface area contributed by atoms with Crippen LogP contribution in [-0.2, 0) is 10.8 Å². The Balaban J connectivity index is 1.69. The normalized spacial score (nSPS) is 32.7. The Morgan fingerprint density at radius 1 is 0.952 bits per heavy atom. The van der Waals surface area contributed by atoms with E-state index in [0.717, 1.165) is 32.1 Å². The largest absolute Gasteiger partial charge is 0.327 e. The molecule has 0 bridgehead atoms. The van der Waals surface area contributed by atoms with Gasteiger partial charge in [0.05, 0.1) is 5.25 Å². The molecule has 2 N–H and O–H groups in total. The highest BCUT2D eigenvalue weighted by Crippen LogP contribution is 2.36. The number of rotatable bonds is 3. The van der Waals surface area contributed by atoms with Crippen LogP contribution in [0.4, 0.5) is 0 Å². The molecule has 3 rings (SSSR count). The molecule has 3 heteroatoms. The maximum absolute atomic E-state index is 13.0. The fourth-order valence-corrected chi connectivity index (χ4v) is 6.19. The molecule has 2 nitrogen and oxygen atoms in total. The van der Waals surface area contributed by atoms with Crippen LogP contribution < -0.4 is 5.73 Å². The third-order valence-electron chi connectivity index (χ3n) is 5.29. The third kappa shape index (κ3) is 3.57. The molecule has 4 atom stereocenters. The van der Waals surface area contributed by atoms with Crippen molar-refractivity contribution in [1.82, 2.24) is 0 Å². The molecule has 116 valence electrons. The van der Waals surface area contributed by atoms with Crippen LogP contribution in [0.15, 0.2) is 30.3 Å². The molecule has 2 saturated carbocycles. The van der Waals surface area contributed by atoms with E-state index >= 15 is 0 Å². The zero-order valence-electron chi connectivity index (χ0n) is 12.7. The molecule has 0 aromatic heterocycles. The first kappa shape index (κ1) is 15.2. The fourth-order valence-electron chi connectivity index (χ4n) is 3.99. The van der Waals surface area contributed by atoms with Crippen LogP contribution in [0.3, 0.4) is 0 Å². The predicted octanol–water partition coefficient (Wildman–Crippen LogP) is 3.73. The minimum Gasteiger partial charge on any atom is -0.327 e. The van der Waals surface area contributed by atoms with Crippen LogP contribution in [0, 0.1) is 0 Å². The summed E-state index contributed by atoms with van der Waals surface area (Å²) in [5, 5.41) is 0.608. The molecule has 0 amide bonds. The molecule has 0 spiro atoms. The van der Waals surface area contributed by atoms with Crippen molar-refractivity contribution in [1.29, 1.82) is 0 Å². The van der Waals surface area contributed by atoms with E-state index in [9.17, 15) is 4.21 Å². The van der Waals surface area contributed by atoms with E-state index in [-0.39, 0.29) is 11.3 Å². The Kier molecular flexibility index (Phi) is 5.12. The Hall–Kier alpha value is -0.670. The van der Waals surface area contributed by atoms with Crippen molar-refractivity contribution in [3.63, 3.8) is 0 Å². The van der Waals surface area contributed by atoms with Gasteiger partial charge in [0.25, 0.3) is 0 Å². The van der Waals surface area contributed by atoms with Crippen molar-refractivity contribution in [2.45, 2.75) is 73.8 Å². The maximum Gasteiger partial charge on any atom is 0.0507 e. The first-order chi connectivity index (χ1) is 10.3. The quantitative estimate of drug-likeness (QED) is 0.924. The van der Waals surface area contributed by atoms with E-state index in [1.165, 1.54) is 24.8 Å². The highest BCUT2D eigenvalue weighted by Gasteiger charge is 2.36. The van der Waals surface area contributed by atoms with Crippen LogP contribution in [-0.4, -0.2) is 20.8 Å². The van der Waals surface area contributed by atoms with Crippen LogP contribution in [0.25, 0.3) is 0 Å². The number of nitrogens with two attached hydrogens (primary N) is 1. The van der Waals surface area contributed by atoms with Crippen molar-refractivity contribution in [3.05, 3.63) is 35.9 Å². The van der Waals surface area contributed by atoms with Gasteiger partial charge in [-0.2, -0.15) is 0 Å². The Labute approximate surface area is 131 Å². The highest BCUT2D eigenvalue weighted by molar-refractivity contribution is 7.86. The molecule has 2 fully saturated rings. The van der Waals surface area contributed by atoms with Crippen LogP contribution in [0.5, 0.6) is 0 Å². The van der Waals surface area contributed by atoms with Crippen molar-refractivity contribution in [2.75, 3.05) is 0 Å². The van der Waals surface area contributed by atoms with E-state index in [4.69, 9.17) is 5.73 Å². The van der Waals surface area contributed by atoms with Gasteiger partial charge in [0, 0.05) is 22.1 Å². The molecule has 1 aromatic rings. The molecule has 2 aliphatic rings. The van der Waals surface area contributed by atoms with E-state index < -0.39 is 10.8 Å². The minimum atomic E-state index is -0.742. The molecule has 0 saturated heterocycles. The lowest BCUT2D eigenvalue weighted by Crippen LogP contribution is -2.45. The summed E-state index contributed by atoms with van der Waals surface area (Å²) in [6.07, 6.45) is 9.27. The molecular weight excluding hydrogens is 278 g/mol. The third-order valence-corrected chi connectivity index (χ3v) is 7.56. The lowest BCUT2D eigenvalue weighted by molar-refractivity contribution is 0.395.